The van der Waals surface area contributed by atoms with Gasteiger partial charge in [0.25, 0.3) is 0 Å². The molecular weight excluding hydrogens is 322 g/mol. The molecule has 1 heterocycles. The van der Waals surface area contributed by atoms with E-state index in [0.717, 1.165) is 35.3 Å². The van der Waals surface area contributed by atoms with Crippen LogP contribution in [0.4, 0.5) is 0 Å². The molecule has 2 atom stereocenters. The average Bonchev–Trinajstić information content (AvgIpc) is 2.83. The third-order valence-electron chi connectivity index (χ3n) is 7.46. The second-order valence-corrected chi connectivity index (χ2v) is 9.34. The van der Waals surface area contributed by atoms with Gasteiger partial charge in [0.1, 0.15) is 0 Å². The molecule has 0 saturated heterocycles. The first-order valence-electron chi connectivity index (χ1n) is 9.65. The zero-order valence-electron chi connectivity index (χ0n) is 16.9. The lowest BCUT2D eigenvalue weighted by Gasteiger charge is -2.39. The summed E-state index contributed by atoms with van der Waals surface area (Å²) in [5, 5.41) is 3.18. The van der Waals surface area contributed by atoms with Crippen molar-refractivity contribution < 1.29 is 4.79 Å². The highest BCUT2D eigenvalue weighted by Gasteiger charge is 2.73. The number of aromatic nitrogens is 2. The number of aryl methyl sites for hydroxylation is 2. The highest BCUT2D eigenvalue weighted by molar-refractivity contribution is 5.93. The first-order chi connectivity index (χ1) is 12.0. The third kappa shape index (κ3) is 1.83. The van der Waals surface area contributed by atoms with Gasteiger partial charge in [0.15, 0.2) is 0 Å². The molecule has 1 amide bonds. The van der Waals surface area contributed by atoms with Crippen molar-refractivity contribution in [3.63, 3.8) is 0 Å². The second kappa shape index (κ2) is 5.05. The molecule has 0 radical (unpaired) electrons. The Morgan fingerprint density at radius 3 is 2.08 bits per heavy atom. The lowest BCUT2D eigenvalue weighted by molar-refractivity contribution is -0.131. The summed E-state index contributed by atoms with van der Waals surface area (Å²) >= 11 is 0. The minimum atomic E-state index is -0.596. The fourth-order valence-electron chi connectivity index (χ4n) is 5.25. The van der Waals surface area contributed by atoms with E-state index in [-0.39, 0.29) is 22.8 Å². The van der Waals surface area contributed by atoms with Crippen molar-refractivity contribution in [1.82, 2.24) is 15.3 Å². The zero-order chi connectivity index (χ0) is 19.1. The molecule has 2 bridgehead atoms. The van der Waals surface area contributed by atoms with Gasteiger partial charge in [0.2, 0.25) is 5.91 Å². The highest BCUT2D eigenvalue weighted by atomic mass is 16.2. The lowest BCUT2D eigenvalue weighted by Crippen LogP contribution is -2.52. The third-order valence-corrected chi connectivity index (χ3v) is 7.46. The molecule has 0 spiro atoms. The van der Waals surface area contributed by atoms with Crippen molar-refractivity contribution in [2.75, 3.05) is 0 Å². The van der Waals surface area contributed by atoms with Crippen LogP contribution in [-0.4, -0.2) is 21.9 Å². The molecule has 0 aliphatic heterocycles. The largest absolute Gasteiger partial charge is 0.353 e. The molecule has 0 unspecified atom stereocenters. The summed E-state index contributed by atoms with van der Waals surface area (Å²) < 4.78 is 0. The van der Waals surface area contributed by atoms with Gasteiger partial charge in [-0.2, -0.15) is 0 Å². The minimum Gasteiger partial charge on any atom is -0.353 e. The van der Waals surface area contributed by atoms with Gasteiger partial charge in [0.05, 0.1) is 27.8 Å². The van der Waals surface area contributed by atoms with Gasteiger partial charge in [0, 0.05) is 11.5 Å². The summed E-state index contributed by atoms with van der Waals surface area (Å²) in [7, 11) is 0. The van der Waals surface area contributed by atoms with Crippen molar-refractivity contribution in [2.24, 2.45) is 5.41 Å². The molecule has 138 valence electrons. The summed E-state index contributed by atoms with van der Waals surface area (Å²) in [6, 6.07) is 4.34. The highest BCUT2D eigenvalue weighted by Crippen LogP contribution is 2.70. The van der Waals surface area contributed by atoms with Crippen LogP contribution < -0.4 is 5.32 Å². The summed E-state index contributed by atoms with van der Waals surface area (Å²) in [5.74, 6) is 0.109. The van der Waals surface area contributed by atoms with Crippen LogP contribution in [-0.2, 0) is 15.6 Å². The number of rotatable bonds is 2. The predicted octanol–water partition coefficient (Wildman–Crippen LogP) is 4.10. The van der Waals surface area contributed by atoms with Crippen molar-refractivity contribution in [3.8, 4) is 0 Å². The van der Waals surface area contributed by atoms with Crippen LogP contribution in [0.15, 0.2) is 12.1 Å². The Balaban J connectivity index is 2.03. The van der Waals surface area contributed by atoms with Crippen molar-refractivity contribution >= 4 is 16.9 Å². The standard InChI is InChI=1S/C22H29N3O/c1-12(2)23-19(26)22-9-8-21(7,20(22,5)6)17-18(22)25-16-11-14(4)13(3)10-15(16)24-17/h10-12H,8-9H2,1-7H3,(H,23,26)/t21-,22-/m0/s1. The molecule has 4 heteroatoms. The van der Waals surface area contributed by atoms with Crippen LogP contribution in [0.25, 0.3) is 11.0 Å². The van der Waals surface area contributed by atoms with Crippen LogP contribution >= 0.6 is 0 Å². The van der Waals surface area contributed by atoms with Gasteiger partial charge in [-0.1, -0.05) is 20.8 Å². The van der Waals surface area contributed by atoms with E-state index in [0.29, 0.717) is 0 Å². The number of benzene rings is 1. The fourth-order valence-corrected chi connectivity index (χ4v) is 5.25. The van der Waals surface area contributed by atoms with Gasteiger partial charge in [-0.3, -0.25) is 4.79 Å². The maximum atomic E-state index is 13.4. The number of amides is 1. The molecule has 2 aliphatic carbocycles. The first kappa shape index (κ1) is 17.4. The number of nitrogens with one attached hydrogen (secondary N) is 1. The van der Waals surface area contributed by atoms with Gasteiger partial charge in [-0.25, -0.2) is 9.97 Å². The second-order valence-electron chi connectivity index (χ2n) is 9.34. The number of hydrogen-bond donors (Lipinski definition) is 1. The number of hydrogen-bond acceptors (Lipinski definition) is 3. The Kier molecular flexibility index (Phi) is 3.39. The minimum absolute atomic E-state index is 0.109. The van der Waals surface area contributed by atoms with Crippen LogP contribution in [0, 0.1) is 19.3 Å². The van der Waals surface area contributed by atoms with Gasteiger partial charge in [-0.15, -0.1) is 0 Å². The number of carbonyl (C=O) groups is 1. The predicted molar refractivity (Wildman–Crippen MR) is 104 cm³/mol. The molecular formula is C22H29N3O. The van der Waals surface area contributed by atoms with E-state index < -0.39 is 5.41 Å². The summed E-state index contributed by atoms with van der Waals surface area (Å²) in [6.45, 7) is 15.0. The monoisotopic (exact) mass is 351 g/mol. The molecule has 2 aliphatic rings. The first-order valence-corrected chi connectivity index (χ1v) is 9.65. The average molecular weight is 351 g/mol. The Bertz CT molecular complexity index is 946. The van der Waals surface area contributed by atoms with Crippen LogP contribution in [0.2, 0.25) is 0 Å². The molecule has 4 nitrogen and oxygen atoms in total. The molecule has 26 heavy (non-hydrogen) atoms. The zero-order valence-corrected chi connectivity index (χ0v) is 16.9. The maximum Gasteiger partial charge on any atom is 0.233 e. The van der Waals surface area contributed by atoms with E-state index in [1.807, 2.05) is 13.8 Å². The van der Waals surface area contributed by atoms with Crippen LogP contribution in [0.3, 0.4) is 0 Å². The number of nitrogens with zero attached hydrogens (tertiary/aromatic N) is 2. The molecule has 1 aromatic carbocycles. The van der Waals surface area contributed by atoms with Crippen LogP contribution in [0.5, 0.6) is 0 Å². The van der Waals surface area contributed by atoms with Gasteiger partial charge >= 0.3 is 0 Å². The summed E-state index contributed by atoms with van der Waals surface area (Å²) in [6.07, 6.45) is 1.82. The van der Waals surface area contributed by atoms with E-state index in [9.17, 15) is 4.79 Å². The molecule has 1 saturated carbocycles. The molecule has 2 aromatic rings. The Morgan fingerprint density at radius 2 is 1.54 bits per heavy atom. The van der Waals surface area contributed by atoms with Gasteiger partial charge < -0.3 is 5.32 Å². The van der Waals surface area contributed by atoms with Crippen molar-refractivity contribution in [2.45, 2.75) is 78.2 Å². The Morgan fingerprint density at radius 1 is 1.00 bits per heavy atom. The van der Waals surface area contributed by atoms with Crippen molar-refractivity contribution in [1.29, 1.82) is 0 Å². The number of fused-ring (bicyclic) bond motifs is 6. The normalized spacial score (nSPS) is 28.6. The smallest absolute Gasteiger partial charge is 0.233 e. The van der Waals surface area contributed by atoms with E-state index >= 15 is 0 Å². The fraction of sp³-hybridized carbons (Fsp3) is 0.591. The lowest BCUT2D eigenvalue weighted by atomic mass is 9.63. The summed E-state index contributed by atoms with van der Waals surface area (Å²) in [4.78, 5) is 23.6. The van der Waals surface area contributed by atoms with E-state index in [1.54, 1.807) is 0 Å². The summed E-state index contributed by atoms with van der Waals surface area (Å²) in [5.41, 5.74) is 5.27. The molecule has 1 N–H and O–H groups in total. The maximum absolute atomic E-state index is 13.4. The van der Waals surface area contributed by atoms with Gasteiger partial charge in [-0.05, 0) is 69.2 Å². The van der Waals surface area contributed by atoms with Crippen LogP contribution in [0.1, 0.15) is 70.0 Å². The van der Waals surface area contributed by atoms with E-state index in [4.69, 9.17) is 9.97 Å². The topological polar surface area (TPSA) is 54.9 Å². The van der Waals surface area contributed by atoms with Crippen molar-refractivity contribution in [3.05, 3.63) is 34.6 Å². The Hall–Kier alpha value is -1.97. The van der Waals surface area contributed by atoms with E-state index in [2.05, 4.69) is 52.1 Å². The molecule has 1 fully saturated rings. The SMILES string of the molecule is Cc1cc2nc3c(nc2cc1C)[C@]1(C(=O)NC(C)C)CC[C@]3(C)C1(C)C. The Labute approximate surface area is 155 Å². The molecule has 1 aromatic heterocycles. The molecule has 4 rings (SSSR count). The van der Waals surface area contributed by atoms with E-state index in [1.165, 1.54) is 11.1 Å². The number of carbonyl (C=O) groups excluding carboxylic acids is 1. The quantitative estimate of drug-likeness (QED) is 0.886.